The number of alkyl halides is 6. The lowest BCUT2D eigenvalue weighted by atomic mass is 9.86. The van der Waals surface area contributed by atoms with E-state index in [1.54, 1.807) is 48.5 Å². The summed E-state index contributed by atoms with van der Waals surface area (Å²) in [5, 5.41) is 0. The van der Waals surface area contributed by atoms with Gasteiger partial charge < -0.3 is 4.90 Å². The molecule has 35 heavy (non-hydrogen) atoms. The van der Waals surface area contributed by atoms with Crippen LogP contribution in [0.15, 0.2) is 70.6 Å². The highest BCUT2D eigenvalue weighted by atomic mass is 19.4. The molecule has 1 heterocycles. The van der Waals surface area contributed by atoms with Gasteiger partial charge in [-0.3, -0.25) is 0 Å². The molecular formula is C26H27F6N3. The van der Waals surface area contributed by atoms with Crippen LogP contribution in [0.1, 0.15) is 56.1 Å². The van der Waals surface area contributed by atoms with Gasteiger partial charge in [-0.15, -0.1) is 0 Å². The van der Waals surface area contributed by atoms with E-state index in [0.717, 1.165) is 37.7 Å². The molecule has 0 amide bonds. The maximum absolute atomic E-state index is 14.2. The molecule has 2 aliphatic rings. The zero-order valence-corrected chi connectivity index (χ0v) is 19.1. The monoisotopic (exact) mass is 495 g/mol. The quantitative estimate of drug-likeness (QED) is 0.381. The van der Waals surface area contributed by atoms with Gasteiger partial charge in [0.25, 0.3) is 0 Å². The summed E-state index contributed by atoms with van der Waals surface area (Å²) in [6.07, 6.45) is -6.00. The van der Waals surface area contributed by atoms with Crippen molar-refractivity contribution in [2.75, 3.05) is 0 Å². The Morgan fingerprint density at radius 1 is 0.771 bits per heavy atom. The highest BCUT2D eigenvalue weighted by molar-refractivity contribution is 6.10. The molecule has 0 radical (unpaired) electrons. The standard InChI is InChI=1S/C26H27F6N3/c27-25(28,29)24(26(30,31)32)33-22(17-16-19-10-4-1-5-11-19)35(18-20-12-6-2-7-13-20)23(34-24)21-14-8-3-9-15-21/h2-3,6-9,12-15,19H,1,4-5,10-11,16-18H2. The Morgan fingerprint density at radius 2 is 1.34 bits per heavy atom. The number of benzene rings is 2. The second kappa shape index (κ2) is 10.0. The summed E-state index contributed by atoms with van der Waals surface area (Å²) in [6, 6.07) is 16.6. The predicted octanol–water partition coefficient (Wildman–Crippen LogP) is 7.53. The van der Waals surface area contributed by atoms with Gasteiger partial charge in [0.2, 0.25) is 0 Å². The molecule has 1 aliphatic heterocycles. The smallest absolute Gasteiger partial charge is 0.310 e. The zero-order chi connectivity index (χ0) is 25.1. The number of nitrogens with zero attached hydrogens (tertiary/aromatic N) is 3. The van der Waals surface area contributed by atoms with Crippen molar-refractivity contribution in [3.05, 3.63) is 71.8 Å². The van der Waals surface area contributed by atoms with Crippen molar-refractivity contribution in [3.8, 4) is 0 Å². The van der Waals surface area contributed by atoms with Crippen LogP contribution in [-0.4, -0.2) is 34.6 Å². The highest BCUT2D eigenvalue weighted by Gasteiger charge is 2.73. The van der Waals surface area contributed by atoms with Crippen molar-refractivity contribution in [2.24, 2.45) is 15.9 Å². The van der Waals surface area contributed by atoms with E-state index in [0.29, 0.717) is 6.42 Å². The number of halogens is 6. The van der Waals surface area contributed by atoms with Crippen LogP contribution in [-0.2, 0) is 6.54 Å². The first-order chi connectivity index (χ1) is 16.6. The Morgan fingerprint density at radius 3 is 1.91 bits per heavy atom. The van der Waals surface area contributed by atoms with E-state index in [-0.39, 0.29) is 36.1 Å². The molecule has 0 spiro atoms. The van der Waals surface area contributed by atoms with Gasteiger partial charge in [-0.1, -0.05) is 92.8 Å². The topological polar surface area (TPSA) is 28.0 Å². The summed E-state index contributed by atoms with van der Waals surface area (Å²) < 4.78 is 84.9. The molecule has 1 saturated carbocycles. The summed E-state index contributed by atoms with van der Waals surface area (Å²) in [5.41, 5.74) is -3.64. The van der Waals surface area contributed by atoms with E-state index in [4.69, 9.17) is 0 Å². The lowest BCUT2D eigenvalue weighted by Crippen LogP contribution is -2.59. The molecule has 0 N–H and O–H groups in total. The molecule has 3 nitrogen and oxygen atoms in total. The van der Waals surface area contributed by atoms with Crippen LogP contribution in [0.25, 0.3) is 0 Å². The van der Waals surface area contributed by atoms with Crippen LogP contribution < -0.4 is 0 Å². The third-order valence-corrected chi connectivity index (χ3v) is 6.63. The normalized spacial score (nSPS) is 19.3. The maximum atomic E-state index is 14.2. The Bertz CT molecular complexity index is 1020. The molecular weight excluding hydrogens is 468 g/mol. The second-order valence-corrected chi connectivity index (χ2v) is 9.11. The fourth-order valence-corrected chi connectivity index (χ4v) is 4.76. The van der Waals surface area contributed by atoms with Gasteiger partial charge in [0, 0.05) is 12.0 Å². The maximum Gasteiger partial charge on any atom is 0.443 e. The third-order valence-electron chi connectivity index (χ3n) is 6.63. The molecule has 4 rings (SSSR count). The lowest BCUT2D eigenvalue weighted by molar-refractivity contribution is -0.293. The predicted molar refractivity (Wildman–Crippen MR) is 123 cm³/mol. The van der Waals surface area contributed by atoms with Gasteiger partial charge in [0.15, 0.2) is 0 Å². The average molecular weight is 496 g/mol. The summed E-state index contributed by atoms with van der Waals surface area (Å²) in [7, 11) is 0. The van der Waals surface area contributed by atoms with Crippen molar-refractivity contribution in [1.82, 2.24) is 4.90 Å². The van der Waals surface area contributed by atoms with Crippen LogP contribution in [0.2, 0.25) is 0 Å². The minimum absolute atomic E-state index is 0.0112. The van der Waals surface area contributed by atoms with Crippen LogP contribution in [0.5, 0.6) is 0 Å². The first-order valence-corrected chi connectivity index (χ1v) is 11.8. The van der Waals surface area contributed by atoms with Crippen molar-refractivity contribution in [2.45, 2.75) is 69.5 Å². The molecule has 188 valence electrons. The molecule has 2 aromatic rings. The Balaban J connectivity index is 1.83. The number of hydrogen-bond donors (Lipinski definition) is 0. The van der Waals surface area contributed by atoms with E-state index in [9.17, 15) is 26.3 Å². The van der Waals surface area contributed by atoms with E-state index in [1.807, 2.05) is 0 Å². The number of hydrogen-bond acceptors (Lipinski definition) is 3. The minimum atomic E-state index is -5.75. The summed E-state index contributed by atoms with van der Waals surface area (Å²) >= 11 is 0. The van der Waals surface area contributed by atoms with Gasteiger partial charge in [0.1, 0.15) is 11.7 Å². The van der Waals surface area contributed by atoms with Gasteiger partial charge in [0.05, 0.1) is 6.54 Å². The largest absolute Gasteiger partial charge is 0.443 e. The van der Waals surface area contributed by atoms with Crippen molar-refractivity contribution < 1.29 is 26.3 Å². The van der Waals surface area contributed by atoms with Gasteiger partial charge in [-0.25, -0.2) is 9.98 Å². The van der Waals surface area contributed by atoms with Crippen LogP contribution >= 0.6 is 0 Å². The first kappa shape index (κ1) is 25.3. The van der Waals surface area contributed by atoms with Crippen molar-refractivity contribution in [1.29, 1.82) is 0 Å². The van der Waals surface area contributed by atoms with E-state index >= 15 is 0 Å². The van der Waals surface area contributed by atoms with Gasteiger partial charge in [-0.05, 0) is 17.9 Å². The SMILES string of the molecule is FC(F)(F)C1(C(F)(F)F)N=C(CCC2CCCCC2)N(Cc2ccccc2)C(c2ccccc2)=N1. The minimum Gasteiger partial charge on any atom is -0.310 e. The molecule has 9 heteroatoms. The van der Waals surface area contributed by atoms with Crippen molar-refractivity contribution in [3.63, 3.8) is 0 Å². The van der Waals surface area contributed by atoms with Gasteiger partial charge >= 0.3 is 18.0 Å². The molecule has 0 unspecified atom stereocenters. The van der Waals surface area contributed by atoms with Crippen LogP contribution in [0.3, 0.4) is 0 Å². The van der Waals surface area contributed by atoms with Gasteiger partial charge in [-0.2, -0.15) is 26.3 Å². The molecule has 0 bridgehead atoms. The first-order valence-electron chi connectivity index (χ1n) is 11.8. The summed E-state index contributed by atoms with van der Waals surface area (Å²) in [4.78, 5) is 8.17. The van der Waals surface area contributed by atoms with Crippen LogP contribution in [0, 0.1) is 5.92 Å². The highest BCUT2D eigenvalue weighted by Crippen LogP contribution is 2.49. The second-order valence-electron chi connectivity index (χ2n) is 9.11. The lowest BCUT2D eigenvalue weighted by Gasteiger charge is -2.40. The summed E-state index contributed by atoms with van der Waals surface area (Å²) in [5.74, 6) is -0.351. The summed E-state index contributed by atoms with van der Waals surface area (Å²) in [6.45, 7) is 0.0594. The average Bonchev–Trinajstić information content (AvgIpc) is 2.83. The Kier molecular flexibility index (Phi) is 7.24. The molecule has 0 saturated heterocycles. The third kappa shape index (κ3) is 5.38. The fraction of sp³-hybridized carbons (Fsp3) is 0.462. The Labute approximate surface area is 200 Å². The van der Waals surface area contributed by atoms with E-state index < -0.39 is 18.0 Å². The molecule has 0 aromatic heterocycles. The number of rotatable bonds is 6. The van der Waals surface area contributed by atoms with E-state index in [2.05, 4.69) is 9.98 Å². The fourth-order valence-electron chi connectivity index (χ4n) is 4.76. The Hall–Kier alpha value is -2.84. The molecule has 0 atom stereocenters. The van der Waals surface area contributed by atoms with E-state index in [1.165, 1.54) is 17.0 Å². The zero-order valence-electron chi connectivity index (χ0n) is 19.1. The molecule has 2 aromatic carbocycles. The molecule has 1 fully saturated rings. The number of aliphatic imine (C=N–C) groups is 2. The van der Waals surface area contributed by atoms with Crippen LogP contribution in [0.4, 0.5) is 26.3 Å². The molecule has 1 aliphatic carbocycles. The number of amidine groups is 2. The van der Waals surface area contributed by atoms with Crippen molar-refractivity contribution >= 4 is 11.7 Å².